The van der Waals surface area contributed by atoms with Crippen molar-refractivity contribution in [2.45, 2.75) is 58.4 Å². The Morgan fingerprint density at radius 3 is 2.57 bits per heavy atom. The van der Waals surface area contributed by atoms with Crippen molar-refractivity contribution in [2.75, 3.05) is 17.6 Å². The van der Waals surface area contributed by atoms with Gasteiger partial charge in [-0.3, -0.25) is 19.4 Å². The Kier molecular flexibility index (Phi) is 8.76. The van der Waals surface area contributed by atoms with Gasteiger partial charge in [-0.2, -0.15) is 0 Å². The Bertz CT molecular complexity index is 1220. The molecule has 37 heavy (non-hydrogen) atoms. The monoisotopic (exact) mass is 519 g/mol. The molecule has 2 aliphatic heterocycles. The van der Waals surface area contributed by atoms with Crippen molar-refractivity contribution in [1.29, 1.82) is 0 Å². The van der Waals surface area contributed by atoms with Crippen LogP contribution in [0.4, 0.5) is 11.4 Å². The van der Waals surface area contributed by atoms with Crippen LogP contribution in [0.25, 0.3) is 0 Å². The summed E-state index contributed by atoms with van der Waals surface area (Å²) >= 11 is 1.20. The summed E-state index contributed by atoms with van der Waals surface area (Å²) in [5.74, 6) is 0.554. The van der Waals surface area contributed by atoms with E-state index in [1.807, 2.05) is 48.5 Å². The second-order valence-corrected chi connectivity index (χ2v) is 10.4. The van der Waals surface area contributed by atoms with Gasteiger partial charge in [0.25, 0.3) is 5.91 Å². The Balaban J connectivity index is 1.42. The van der Waals surface area contributed by atoms with Crippen molar-refractivity contribution < 1.29 is 14.4 Å². The molecule has 2 aromatic rings. The summed E-state index contributed by atoms with van der Waals surface area (Å²) < 4.78 is 0. The predicted octanol–water partition coefficient (Wildman–Crippen LogP) is 4.84. The van der Waals surface area contributed by atoms with Crippen LogP contribution in [-0.4, -0.2) is 52.0 Å². The molecule has 0 radical (unpaired) electrons. The number of hydrogen-bond acceptors (Lipinski definition) is 6. The zero-order valence-corrected chi connectivity index (χ0v) is 22.3. The standard InChI is InChI=1S/C28H33N5O3S/c1-4-5-16-29-24(34)15-14-23-27(36)33-26(31-23)21-8-6-7-9-22(21)32-28(33)37-17-25(35)30-20-12-10-19(11-13-20)18(2)3/h6-13,18,23H,4-5,14-17H2,1-3H3,(H,29,34)(H,30,35)/t23-/m0/s1. The van der Waals surface area contributed by atoms with E-state index in [4.69, 9.17) is 0 Å². The fourth-order valence-electron chi connectivity index (χ4n) is 4.13. The van der Waals surface area contributed by atoms with Crippen molar-refractivity contribution in [3.05, 3.63) is 59.7 Å². The van der Waals surface area contributed by atoms with Crippen LogP contribution >= 0.6 is 11.8 Å². The molecular formula is C28H33N5O3S. The predicted molar refractivity (Wildman–Crippen MR) is 149 cm³/mol. The van der Waals surface area contributed by atoms with Crippen LogP contribution in [0.5, 0.6) is 0 Å². The largest absolute Gasteiger partial charge is 0.356 e. The Morgan fingerprint density at radius 2 is 1.84 bits per heavy atom. The summed E-state index contributed by atoms with van der Waals surface area (Å²) in [5.41, 5.74) is 3.40. The maximum absolute atomic E-state index is 13.3. The van der Waals surface area contributed by atoms with Crippen LogP contribution in [0.15, 0.2) is 58.5 Å². The number of benzene rings is 2. The summed E-state index contributed by atoms with van der Waals surface area (Å²) in [4.78, 5) is 49.1. The molecule has 1 atom stereocenters. The molecule has 0 aliphatic carbocycles. The lowest BCUT2D eigenvalue weighted by atomic mass is 10.0. The molecule has 0 bridgehead atoms. The van der Waals surface area contributed by atoms with Crippen molar-refractivity contribution in [3.63, 3.8) is 0 Å². The van der Waals surface area contributed by atoms with E-state index in [1.54, 1.807) is 0 Å². The Hall–Kier alpha value is -3.46. The van der Waals surface area contributed by atoms with Crippen molar-refractivity contribution in [1.82, 2.24) is 10.2 Å². The van der Waals surface area contributed by atoms with E-state index in [-0.39, 0.29) is 29.9 Å². The number of amides is 3. The number of hydrogen-bond donors (Lipinski definition) is 2. The maximum atomic E-state index is 13.3. The van der Waals surface area contributed by atoms with E-state index in [1.165, 1.54) is 22.2 Å². The first kappa shape index (κ1) is 26.6. The van der Waals surface area contributed by atoms with Crippen LogP contribution in [0.3, 0.4) is 0 Å². The second-order valence-electron chi connectivity index (χ2n) is 9.41. The van der Waals surface area contributed by atoms with E-state index in [0.717, 1.165) is 24.1 Å². The zero-order chi connectivity index (χ0) is 26.4. The van der Waals surface area contributed by atoms with Crippen molar-refractivity contribution >= 4 is 51.9 Å². The quantitative estimate of drug-likeness (QED) is 0.439. The number of para-hydroxylation sites is 1. The van der Waals surface area contributed by atoms with Crippen molar-refractivity contribution in [3.8, 4) is 0 Å². The van der Waals surface area contributed by atoms with Gasteiger partial charge < -0.3 is 10.6 Å². The summed E-state index contributed by atoms with van der Waals surface area (Å²) in [6.07, 6.45) is 2.48. The molecule has 2 N–H and O–H groups in total. The highest BCUT2D eigenvalue weighted by molar-refractivity contribution is 8.14. The molecule has 194 valence electrons. The average Bonchev–Trinajstić information content (AvgIpc) is 3.23. The van der Waals surface area contributed by atoms with Gasteiger partial charge in [-0.05, 0) is 48.6 Å². The van der Waals surface area contributed by atoms with Gasteiger partial charge >= 0.3 is 0 Å². The highest BCUT2D eigenvalue weighted by atomic mass is 32.2. The number of aliphatic imine (C=N–C) groups is 2. The van der Waals surface area contributed by atoms with Gasteiger partial charge in [-0.25, -0.2) is 9.89 Å². The molecule has 2 heterocycles. The first-order valence-electron chi connectivity index (χ1n) is 12.8. The van der Waals surface area contributed by atoms with Gasteiger partial charge in [0.05, 0.1) is 11.4 Å². The minimum absolute atomic E-state index is 0.0758. The molecule has 0 unspecified atom stereocenters. The minimum Gasteiger partial charge on any atom is -0.356 e. The van der Waals surface area contributed by atoms with E-state index in [0.29, 0.717) is 35.6 Å². The van der Waals surface area contributed by atoms with Crippen molar-refractivity contribution in [2.24, 2.45) is 9.98 Å². The number of nitrogens with one attached hydrogen (secondary N) is 2. The molecule has 0 spiro atoms. The van der Waals surface area contributed by atoms with Crippen LogP contribution in [0.1, 0.15) is 63.5 Å². The van der Waals surface area contributed by atoms with Crippen LogP contribution < -0.4 is 10.6 Å². The number of anilines is 1. The number of amidine groups is 2. The summed E-state index contributed by atoms with van der Waals surface area (Å²) in [6.45, 7) is 6.95. The van der Waals surface area contributed by atoms with Gasteiger partial charge in [-0.1, -0.05) is 63.2 Å². The molecule has 0 saturated heterocycles. The number of carbonyl (C=O) groups excluding carboxylic acids is 3. The number of thioether (sulfide) groups is 1. The summed E-state index contributed by atoms with van der Waals surface area (Å²) in [6, 6.07) is 14.6. The van der Waals surface area contributed by atoms with Crippen LogP contribution in [0, 0.1) is 0 Å². The highest BCUT2D eigenvalue weighted by Crippen LogP contribution is 2.34. The number of fused-ring (bicyclic) bond motifs is 3. The second kappa shape index (κ2) is 12.2. The van der Waals surface area contributed by atoms with E-state index in [9.17, 15) is 14.4 Å². The SMILES string of the molecule is CCCCNC(=O)CC[C@@H]1N=C2c3ccccc3N=C(SCC(=O)Nc3ccc(C(C)C)cc3)N2C1=O. The van der Waals surface area contributed by atoms with Crippen LogP contribution in [-0.2, 0) is 14.4 Å². The number of nitrogens with zero attached hydrogens (tertiary/aromatic N) is 3. The third-order valence-electron chi connectivity index (χ3n) is 6.24. The fourth-order valence-corrected chi connectivity index (χ4v) is 4.93. The van der Waals surface area contributed by atoms with E-state index in [2.05, 4.69) is 41.4 Å². The average molecular weight is 520 g/mol. The van der Waals surface area contributed by atoms with Gasteiger partial charge in [-0.15, -0.1) is 0 Å². The molecule has 2 aromatic carbocycles. The smallest absolute Gasteiger partial charge is 0.259 e. The maximum Gasteiger partial charge on any atom is 0.259 e. The van der Waals surface area contributed by atoms with Gasteiger partial charge in [0.2, 0.25) is 11.8 Å². The molecule has 9 heteroatoms. The first-order valence-corrected chi connectivity index (χ1v) is 13.7. The normalized spacial score (nSPS) is 16.2. The zero-order valence-electron chi connectivity index (χ0n) is 21.5. The molecule has 8 nitrogen and oxygen atoms in total. The molecule has 0 fully saturated rings. The molecule has 2 aliphatic rings. The Morgan fingerprint density at radius 1 is 1.08 bits per heavy atom. The number of carbonyl (C=O) groups is 3. The lowest BCUT2D eigenvalue weighted by Gasteiger charge is -2.25. The lowest BCUT2D eigenvalue weighted by Crippen LogP contribution is -2.41. The van der Waals surface area contributed by atoms with Gasteiger partial charge in [0.1, 0.15) is 11.9 Å². The molecule has 4 rings (SSSR count). The Labute approximate surface area is 222 Å². The van der Waals surface area contributed by atoms with E-state index < -0.39 is 6.04 Å². The highest BCUT2D eigenvalue weighted by Gasteiger charge is 2.41. The molecule has 0 saturated carbocycles. The van der Waals surface area contributed by atoms with Gasteiger partial charge in [0.15, 0.2) is 5.17 Å². The summed E-state index contributed by atoms with van der Waals surface area (Å²) in [5, 5.41) is 6.21. The fraction of sp³-hybridized carbons (Fsp3) is 0.393. The lowest BCUT2D eigenvalue weighted by molar-refractivity contribution is -0.125. The van der Waals surface area contributed by atoms with E-state index >= 15 is 0 Å². The third-order valence-corrected chi connectivity index (χ3v) is 7.18. The number of rotatable bonds is 10. The third kappa shape index (κ3) is 6.46. The minimum atomic E-state index is -0.655. The topological polar surface area (TPSA) is 103 Å². The molecule has 0 aromatic heterocycles. The number of unbranched alkanes of at least 4 members (excludes halogenated alkanes) is 1. The molecule has 3 amide bonds. The van der Waals surface area contributed by atoms with Crippen LogP contribution in [0.2, 0.25) is 0 Å². The first-order chi connectivity index (χ1) is 17.9. The molecular weight excluding hydrogens is 486 g/mol. The van der Waals surface area contributed by atoms with Gasteiger partial charge in [0, 0.05) is 24.2 Å². The summed E-state index contributed by atoms with van der Waals surface area (Å²) in [7, 11) is 0.